The molecule has 2 N–H and O–H groups in total. The minimum Gasteiger partial charge on any atom is -0.350 e. The maximum absolute atomic E-state index is 13.9. The molecule has 0 spiro atoms. The van der Waals surface area contributed by atoms with E-state index < -0.39 is 16.1 Å². The SMILES string of the molecule is CCNS(=O)(=O)c1ccc(CCC(=O)N(Cc2ccccc2)[C@H](Cc2ccccc2)C(=O)NCc2cccnc2)cc1. The molecule has 0 saturated heterocycles. The summed E-state index contributed by atoms with van der Waals surface area (Å²) in [7, 11) is -3.56. The van der Waals surface area contributed by atoms with Crippen LogP contribution in [0, 0.1) is 0 Å². The molecule has 2 amide bonds. The fraction of sp³-hybridized carbons (Fsp3) is 0.242. The third-order valence-electron chi connectivity index (χ3n) is 6.85. The number of sulfonamides is 1. The van der Waals surface area contributed by atoms with E-state index in [1.165, 1.54) is 0 Å². The first-order valence-electron chi connectivity index (χ1n) is 14.0. The van der Waals surface area contributed by atoms with Gasteiger partial charge in [0.15, 0.2) is 0 Å². The third kappa shape index (κ3) is 8.83. The minimum atomic E-state index is -3.56. The van der Waals surface area contributed by atoms with E-state index in [-0.39, 0.29) is 29.7 Å². The molecule has 8 nitrogen and oxygen atoms in total. The van der Waals surface area contributed by atoms with Gasteiger partial charge in [0, 0.05) is 44.9 Å². The number of benzene rings is 3. The Labute approximate surface area is 247 Å². The quantitative estimate of drug-likeness (QED) is 0.230. The monoisotopic (exact) mass is 584 g/mol. The van der Waals surface area contributed by atoms with Crippen molar-refractivity contribution in [3.05, 3.63) is 132 Å². The molecule has 0 bridgehead atoms. The summed E-state index contributed by atoms with van der Waals surface area (Å²) < 4.78 is 27.1. The van der Waals surface area contributed by atoms with Gasteiger partial charge in [0.05, 0.1) is 4.90 Å². The Morgan fingerprint density at radius 3 is 2.07 bits per heavy atom. The van der Waals surface area contributed by atoms with E-state index in [0.29, 0.717) is 25.9 Å². The Kier molecular flexibility index (Phi) is 11.0. The van der Waals surface area contributed by atoms with Gasteiger partial charge in [-0.05, 0) is 46.9 Å². The lowest BCUT2D eigenvalue weighted by Crippen LogP contribution is -2.50. The first kappa shape index (κ1) is 30.6. The molecule has 0 saturated carbocycles. The number of aromatic nitrogens is 1. The van der Waals surface area contributed by atoms with Crippen LogP contribution in [-0.2, 0) is 45.5 Å². The van der Waals surface area contributed by atoms with Crippen LogP contribution >= 0.6 is 0 Å². The average Bonchev–Trinajstić information content (AvgIpc) is 3.02. The zero-order valence-electron chi connectivity index (χ0n) is 23.6. The van der Waals surface area contributed by atoms with Crippen LogP contribution in [0.3, 0.4) is 0 Å². The van der Waals surface area contributed by atoms with Crippen molar-refractivity contribution in [2.75, 3.05) is 6.54 Å². The van der Waals surface area contributed by atoms with Crippen molar-refractivity contribution >= 4 is 21.8 Å². The van der Waals surface area contributed by atoms with Gasteiger partial charge in [-0.2, -0.15) is 0 Å². The van der Waals surface area contributed by atoms with E-state index in [0.717, 1.165) is 22.3 Å². The number of carbonyl (C=O) groups excluding carboxylic acids is 2. The van der Waals surface area contributed by atoms with Crippen molar-refractivity contribution in [1.29, 1.82) is 0 Å². The van der Waals surface area contributed by atoms with Crippen LogP contribution < -0.4 is 10.0 Å². The summed E-state index contributed by atoms with van der Waals surface area (Å²) in [4.78, 5) is 33.6. The summed E-state index contributed by atoms with van der Waals surface area (Å²) in [5.74, 6) is -0.411. The number of hydrogen-bond donors (Lipinski definition) is 2. The molecule has 1 heterocycles. The second kappa shape index (κ2) is 15.0. The molecule has 1 aromatic heterocycles. The van der Waals surface area contributed by atoms with Crippen LogP contribution in [-0.4, -0.2) is 42.7 Å². The van der Waals surface area contributed by atoms with Crippen molar-refractivity contribution in [2.24, 2.45) is 0 Å². The zero-order valence-corrected chi connectivity index (χ0v) is 24.5. The molecule has 0 unspecified atom stereocenters. The summed E-state index contributed by atoms with van der Waals surface area (Å²) in [6.45, 7) is 2.60. The number of hydrogen-bond acceptors (Lipinski definition) is 5. The predicted molar refractivity (Wildman–Crippen MR) is 163 cm³/mol. The van der Waals surface area contributed by atoms with Crippen molar-refractivity contribution in [1.82, 2.24) is 19.9 Å². The van der Waals surface area contributed by atoms with Crippen LogP contribution in [0.1, 0.15) is 35.6 Å². The molecule has 4 rings (SSSR count). The summed E-state index contributed by atoms with van der Waals surface area (Å²) in [6.07, 6.45) is 4.30. The zero-order chi connectivity index (χ0) is 29.8. The van der Waals surface area contributed by atoms with E-state index in [1.54, 1.807) is 48.5 Å². The highest BCUT2D eigenvalue weighted by Crippen LogP contribution is 2.18. The van der Waals surface area contributed by atoms with Crippen molar-refractivity contribution in [3.8, 4) is 0 Å². The first-order valence-corrected chi connectivity index (χ1v) is 15.5. The van der Waals surface area contributed by atoms with Crippen LogP contribution in [0.4, 0.5) is 0 Å². The molecule has 0 aliphatic carbocycles. The van der Waals surface area contributed by atoms with Crippen molar-refractivity contribution in [2.45, 2.75) is 50.2 Å². The topological polar surface area (TPSA) is 108 Å². The van der Waals surface area contributed by atoms with E-state index >= 15 is 0 Å². The Morgan fingerprint density at radius 2 is 1.45 bits per heavy atom. The molecule has 1 atom stereocenters. The third-order valence-corrected chi connectivity index (χ3v) is 8.41. The number of nitrogens with zero attached hydrogens (tertiary/aromatic N) is 2. The summed E-state index contributed by atoms with van der Waals surface area (Å²) in [5, 5.41) is 3.01. The Balaban J connectivity index is 1.56. The summed E-state index contributed by atoms with van der Waals surface area (Å²) in [6, 6.07) is 28.8. The molecule has 0 aliphatic heterocycles. The Hall–Kier alpha value is -4.34. The van der Waals surface area contributed by atoms with E-state index in [2.05, 4.69) is 15.0 Å². The maximum atomic E-state index is 13.9. The van der Waals surface area contributed by atoms with E-state index in [9.17, 15) is 18.0 Å². The van der Waals surface area contributed by atoms with Gasteiger partial charge < -0.3 is 10.2 Å². The highest BCUT2D eigenvalue weighted by atomic mass is 32.2. The standard InChI is InChI=1S/C33H36N4O4S/c1-2-36-42(40,41)30-18-15-26(16-19-30)17-20-32(38)37(25-28-12-7-4-8-13-28)31(22-27-10-5-3-6-11-27)33(39)35-24-29-14-9-21-34-23-29/h3-16,18-19,21,23,31,36H,2,17,20,22,24-25H2,1H3,(H,35,39)/t31-/m1/s1. The molecule has 0 aliphatic rings. The number of rotatable bonds is 14. The smallest absolute Gasteiger partial charge is 0.243 e. The lowest BCUT2D eigenvalue weighted by Gasteiger charge is -2.31. The highest BCUT2D eigenvalue weighted by Gasteiger charge is 2.30. The largest absolute Gasteiger partial charge is 0.350 e. The van der Waals surface area contributed by atoms with E-state index in [1.807, 2.05) is 72.8 Å². The molecule has 42 heavy (non-hydrogen) atoms. The second-order valence-electron chi connectivity index (χ2n) is 9.94. The first-order chi connectivity index (χ1) is 20.4. The Bertz CT molecular complexity index is 1530. The van der Waals surface area contributed by atoms with Gasteiger partial charge >= 0.3 is 0 Å². The average molecular weight is 585 g/mol. The minimum absolute atomic E-state index is 0.160. The maximum Gasteiger partial charge on any atom is 0.243 e. The van der Waals surface area contributed by atoms with Gasteiger partial charge in [-0.25, -0.2) is 13.1 Å². The van der Waals surface area contributed by atoms with Crippen LogP contribution in [0.5, 0.6) is 0 Å². The predicted octanol–water partition coefficient (Wildman–Crippen LogP) is 4.27. The summed E-state index contributed by atoms with van der Waals surface area (Å²) in [5.41, 5.74) is 3.56. The van der Waals surface area contributed by atoms with Gasteiger partial charge in [0.2, 0.25) is 21.8 Å². The molecule has 9 heteroatoms. The Morgan fingerprint density at radius 1 is 0.810 bits per heavy atom. The van der Waals surface area contributed by atoms with Crippen molar-refractivity contribution in [3.63, 3.8) is 0 Å². The lowest BCUT2D eigenvalue weighted by atomic mass is 10.0. The molecule has 0 fully saturated rings. The van der Waals surface area contributed by atoms with Crippen LogP contribution in [0.15, 0.2) is 114 Å². The number of carbonyl (C=O) groups is 2. The number of amides is 2. The highest BCUT2D eigenvalue weighted by molar-refractivity contribution is 7.89. The van der Waals surface area contributed by atoms with Gasteiger partial charge in [-0.15, -0.1) is 0 Å². The lowest BCUT2D eigenvalue weighted by molar-refractivity contribution is -0.141. The number of aryl methyl sites for hydroxylation is 1. The molecule has 218 valence electrons. The number of nitrogens with one attached hydrogen (secondary N) is 2. The van der Waals surface area contributed by atoms with Crippen LogP contribution in [0.2, 0.25) is 0 Å². The fourth-order valence-electron chi connectivity index (χ4n) is 4.65. The molecule has 4 aromatic rings. The normalized spacial score (nSPS) is 11.9. The van der Waals surface area contributed by atoms with E-state index in [4.69, 9.17) is 0 Å². The van der Waals surface area contributed by atoms with Crippen molar-refractivity contribution < 1.29 is 18.0 Å². The molecular weight excluding hydrogens is 548 g/mol. The molecular formula is C33H36N4O4S. The van der Waals surface area contributed by atoms with Gasteiger partial charge in [0.1, 0.15) is 6.04 Å². The molecule has 3 aromatic carbocycles. The second-order valence-corrected chi connectivity index (χ2v) is 11.7. The summed E-state index contributed by atoms with van der Waals surface area (Å²) >= 11 is 0. The fourth-order valence-corrected chi connectivity index (χ4v) is 5.69. The molecule has 0 radical (unpaired) electrons. The number of pyridine rings is 1. The van der Waals surface area contributed by atoms with Gasteiger partial charge in [-0.3, -0.25) is 14.6 Å². The van der Waals surface area contributed by atoms with Gasteiger partial charge in [-0.1, -0.05) is 85.8 Å². The van der Waals surface area contributed by atoms with Gasteiger partial charge in [0.25, 0.3) is 0 Å². The van der Waals surface area contributed by atoms with Crippen LogP contribution in [0.25, 0.3) is 0 Å².